The maximum absolute atomic E-state index is 4.69. The lowest BCUT2D eigenvalue weighted by Gasteiger charge is -2.31. The smallest absolute Gasteiger partial charge is 0.140 e. The van der Waals surface area contributed by atoms with Crippen molar-refractivity contribution < 1.29 is 0 Å². The fourth-order valence-electron chi connectivity index (χ4n) is 3.69. The molecule has 0 radical (unpaired) electrons. The maximum Gasteiger partial charge on any atom is 0.140 e. The van der Waals surface area contributed by atoms with Gasteiger partial charge in [0.25, 0.3) is 0 Å². The predicted octanol–water partition coefficient (Wildman–Crippen LogP) is 4.14. The average Bonchev–Trinajstić information content (AvgIpc) is 3.22. The Morgan fingerprint density at radius 3 is 2.71 bits per heavy atom. The Morgan fingerprint density at radius 1 is 1.04 bits per heavy atom. The van der Waals surface area contributed by atoms with Gasteiger partial charge in [-0.3, -0.25) is 9.88 Å². The van der Waals surface area contributed by atoms with Crippen molar-refractivity contribution >= 4 is 10.9 Å². The van der Waals surface area contributed by atoms with E-state index >= 15 is 0 Å². The lowest BCUT2D eigenvalue weighted by Crippen LogP contribution is -2.39. The lowest BCUT2D eigenvalue weighted by molar-refractivity contribution is 0.169. The first-order valence-corrected chi connectivity index (χ1v) is 8.66. The Morgan fingerprint density at radius 2 is 1.92 bits per heavy atom. The third-order valence-electron chi connectivity index (χ3n) is 5.06. The van der Waals surface area contributed by atoms with E-state index in [0.717, 1.165) is 29.8 Å². The van der Waals surface area contributed by atoms with Crippen LogP contribution in [0.15, 0.2) is 48.9 Å². The molecule has 0 amide bonds. The van der Waals surface area contributed by atoms with Gasteiger partial charge in [-0.2, -0.15) is 0 Å². The molecule has 24 heavy (non-hydrogen) atoms. The highest BCUT2D eigenvalue weighted by molar-refractivity contribution is 5.92. The highest BCUT2D eigenvalue weighted by Crippen LogP contribution is 2.33. The second-order valence-corrected chi connectivity index (χ2v) is 7.59. The van der Waals surface area contributed by atoms with E-state index in [4.69, 9.17) is 0 Å². The van der Waals surface area contributed by atoms with Gasteiger partial charge in [0.1, 0.15) is 5.82 Å². The van der Waals surface area contributed by atoms with Gasteiger partial charge in [-0.15, -0.1) is 0 Å². The summed E-state index contributed by atoms with van der Waals surface area (Å²) in [6.45, 7) is 9.10. The van der Waals surface area contributed by atoms with E-state index < -0.39 is 0 Å². The molecule has 0 bridgehead atoms. The van der Waals surface area contributed by atoms with Crippen molar-refractivity contribution in [2.75, 3.05) is 13.1 Å². The quantitative estimate of drug-likeness (QED) is 0.711. The Bertz CT molecular complexity index is 854. The van der Waals surface area contributed by atoms with Crippen LogP contribution in [0.1, 0.15) is 33.2 Å². The van der Waals surface area contributed by atoms with E-state index in [-0.39, 0.29) is 5.54 Å². The number of likely N-dealkylation sites (tertiary alicyclic amines) is 1. The number of nitrogens with zero attached hydrogens (tertiary/aromatic N) is 4. The van der Waals surface area contributed by atoms with E-state index in [2.05, 4.69) is 70.7 Å². The normalized spacial score (nSPS) is 19.2. The van der Waals surface area contributed by atoms with Gasteiger partial charge >= 0.3 is 0 Å². The molecule has 0 aliphatic carbocycles. The zero-order valence-electron chi connectivity index (χ0n) is 14.6. The number of fused-ring (bicyclic) bond motifs is 1. The molecule has 1 saturated heterocycles. The fraction of sp³-hybridized carbons (Fsp3) is 0.400. The highest BCUT2D eigenvalue weighted by atomic mass is 15.3. The van der Waals surface area contributed by atoms with Gasteiger partial charge in [-0.1, -0.05) is 18.2 Å². The van der Waals surface area contributed by atoms with Gasteiger partial charge in [0.2, 0.25) is 0 Å². The zero-order chi connectivity index (χ0) is 16.7. The van der Waals surface area contributed by atoms with Crippen molar-refractivity contribution in [3.8, 4) is 11.4 Å². The van der Waals surface area contributed by atoms with Crippen molar-refractivity contribution in [1.82, 2.24) is 19.4 Å². The Kier molecular flexibility index (Phi) is 3.65. The number of pyridine rings is 1. The first-order valence-electron chi connectivity index (χ1n) is 8.66. The Labute approximate surface area is 143 Å². The second-order valence-electron chi connectivity index (χ2n) is 7.59. The van der Waals surface area contributed by atoms with Crippen LogP contribution in [0.3, 0.4) is 0 Å². The van der Waals surface area contributed by atoms with Crippen molar-refractivity contribution in [2.45, 2.75) is 38.8 Å². The molecule has 0 N–H and O–H groups in total. The summed E-state index contributed by atoms with van der Waals surface area (Å²) in [5.74, 6) is 1.05. The molecule has 2 aromatic heterocycles. The number of hydrogen-bond donors (Lipinski definition) is 0. The van der Waals surface area contributed by atoms with Gasteiger partial charge in [0, 0.05) is 54.2 Å². The molecule has 1 fully saturated rings. The molecule has 4 nitrogen and oxygen atoms in total. The SMILES string of the molecule is CC(C)(C)N1CCC(n2ccnc2-c2cccc3ncccc23)C1. The summed E-state index contributed by atoms with van der Waals surface area (Å²) in [4.78, 5) is 11.7. The first kappa shape index (κ1) is 15.3. The van der Waals surface area contributed by atoms with Gasteiger partial charge < -0.3 is 4.57 Å². The minimum absolute atomic E-state index is 0.221. The summed E-state index contributed by atoms with van der Waals surface area (Å²) >= 11 is 0. The molecule has 1 unspecified atom stereocenters. The minimum atomic E-state index is 0.221. The van der Waals surface area contributed by atoms with Crippen molar-refractivity contribution in [2.24, 2.45) is 0 Å². The molecule has 1 atom stereocenters. The summed E-state index contributed by atoms with van der Waals surface area (Å²) in [6.07, 6.45) is 7.06. The van der Waals surface area contributed by atoms with Gasteiger partial charge in [0.15, 0.2) is 0 Å². The fourth-order valence-corrected chi connectivity index (χ4v) is 3.69. The summed E-state index contributed by atoms with van der Waals surface area (Å²) in [6, 6.07) is 10.9. The summed E-state index contributed by atoms with van der Waals surface area (Å²) in [5, 5.41) is 1.16. The molecule has 124 valence electrons. The summed E-state index contributed by atoms with van der Waals surface area (Å²) in [7, 11) is 0. The van der Waals surface area contributed by atoms with Crippen LogP contribution in [0.4, 0.5) is 0 Å². The Hall–Kier alpha value is -2.20. The molecule has 3 heterocycles. The van der Waals surface area contributed by atoms with E-state index in [1.54, 1.807) is 0 Å². The molecule has 1 aliphatic heterocycles. The monoisotopic (exact) mass is 320 g/mol. The van der Waals surface area contributed by atoms with Crippen LogP contribution in [0.5, 0.6) is 0 Å². The number of aromatic nitrogens is 3. The molecule has 1 aromatic carbocycles. The molecule has 4 rings (SSSR count). The largest absolute Gasteiger partial charge is 0.327 e. The van der Waals surface area contributed by atoms with Gasteiger partial charge in [0.05, 0.1) is 5.52 Å². The van der Waals surface area contributed by atoms with Gasteiger partial charge in [-0.05, 0) is 39.3 Å². The number of hydrogen-bond acceptors (Lipinski definition) is 3. The van der Waals surface area contributed by atoms with Gasteiger partial charge in [-0.25, -0.2) is 4.98 Å². The summed E-state index contributed by atoms with van der Waals surface area (Å²) in [5.41, 5.74) is 2.41. The zero-order valence-corrected chi connectivity index (χ0v) is 14.6. The molecule has 4 heteroatoms. The van der Waals surface area contributed by atoms with E-state index in [0.29, 0.717) is 6.04 Å². The first-order chi connectivity index (χ1) is 11.5. The third kappa shape index (κ3) is 2.61. The van der Waals surface area contributed by atoms with Crippen LogP contribution in [0.25, 0.3) is 22.3 Å². The van der Waals surface area contributed by atoms with Crippen LogP contribution in [0, 0.1) is 0 Å². The molecular formula is C20H24N4. The molecule has 3 aromatic rings. The molecular weight excluding hydrogens is 296 g/mol. The van der Waals surface area contributed by atoms with E-state index in [1.165, 1.54) is 12.0 Å². The molecule has 0 spiro atoms. The predicted molar refractivity (Wildman–Crippen MR) is 97.9 cm³/mol. The lowest BCUT2D eigenvalue weighted by atomic mass is 10.1. The van der Waals surface area contributed by atoms with Crippen molar-refractivity contribution in [3.63, 3.8) is 0 Å². The van der Waals surface area contributed by atoms with Crippen LogP contribution >= 0.6 is 0 Å². The van der Waals surface area contributed by atoms with Crippen molar-refractivity contribution in [3.05, 3.63) is 48.9 Å². The van der Waals surface area contributed by atoms with Crippen molar-refractivity contribution in [1.29, 1.82) is 0 Å². The number of imidazole rings is 1. The maximum atomic E-state index is 4.69. The van der Waals surface area contributed by atoms with Crippen LogP contribution in [-0.2, 0) is 0 Å². The standard InChI is InChI=1S/C20H24N4/c1-20(2,3)23-12-9-15(14-23)24-13-11-22-19(24)17-6-4-8-18-16(17)7-5-10-21-18/h4-8,10-11,13,15H,9,12,14H2,1-3H3. The van der Waals surface area contributed by atoms with Crippen LogP contribution in [0.2, 0.25) is 0 Å². The third-order valence-corrected chi connectivity index (χ3v) is 5.06. The number of benzene rings is 1. The van der Waals surface area contributed by atoms with Crippen LogP contribution in [-0.4, -0.2) is 38.1 Å². The highest BCUT2D eigenvalue weighted by Gasteiger charge is 2.32. The topological polar surface area (TPSA) is 34.0 Å². The summed E-state index contributed by atoms with van der Waals surface area (Å²) < 4.78 is 2.35. The molecule has 1 aliphatic rings. The number of rotatable bonds is 2. The Balaban J connectivity index is 1.73. The van der Waals surface area contributed by atoms with E-state index in [1.807, 2.05) is 18.5 Å². The van der Waals surface area contributed by atoms with Crippen LogP contribution < -0.4 is 0 Å². The molecule has 0 saturated carbocycles. The second kappa shape index (κ2) is 5.71. The minimum Gasteiger partial charge on any atom is -0.327 e. The van der Waals surface area contributed by atoms with E-state index in [9.17, 15) is 0 Å². The average molecular weight is 320 g/mol.